The molecule has 0 fully saturated rings. The van der Waals surface area contributed by atoms with E-state index in [0.717, 1.165) is 12.1 Å². The SMILES string of the molecule is N#CC(CSc1cc(F)ccc1N)C(F)(F)F. The summed E-state index contributed by atoms with van der Waals surface area (Å²) < 4.78 is 49.6. The molecule has 0 aliphatic heterocycles. The third kappa shape index (κ3) is 3.82. The number of benzene rings is 1. The van der Waals surface area contributed by atoms with E-state index in [2.05, 4.69) is 0 Å². The van der Waals surface area contributed by atoms with Gasteiger partial charge in [-0.25, -0.2) is 4.39 Å². The topological polar surface area (TPSA) is 49.8 Å². The van der Waals surface area contributed by atoms with E-state index in [9.17, 15) is 17.6 Å². The van der Waals surface area contributed by atoms with Gasteiger partial charge in [-0.3, -0.25) is 0 Å². The smallest absolute Gasteiger partial charge is 0.398 e. The van der Waals surface area contributed by atoms with Crippen molar-refractivity contribution in [3.63, 3.8) is 0 Å². The Bertz CT molecular complexity index is 439. The van der Waals surface area contributed by atoms with Gasteiger partial charge >= 0.3 is 6.18 Å². The van der Waals surface area contributed by atoms with Crippen molar-refractivity contribution in [2.24, 2.45) is 5.92 Å². The molecule has 0 bridgehead atoms. The molecule has 0 heterocycles. The summed E-state index contributed by atoms with van der Waals surface area (Å²) in [5.74, 6) is -3.18. The average Bonchev–Trinajstić information content (AvgIpc) is 2.22. The van der Waals surface area contributed by atoms with Gasteiger partial charge in [-0.1, -0.05) is 0 Å². The fourth-order valence-electron chi connectivity index (χ4n) is 1.01. The van der Waals surface area contributed by atoms with E-state index in [1.165, 1.54) is 12.1 Å². The normalized spacial score (nSPS) is 13.1. The molecule has 0 aromatic heterocycles. The monoisotopic (exact) mass is 264 g/mol. The Balaban J connectivity index is 2.73. The minimum Gasteiger partial charge on any atom is -0.398 e. The van der Waals surface area contributed by atoms with Crippen LogP contribution in [0.1, 0.15) is 0 Å². The number of halogens is 4. The molecule has 1 aromatic rings. The summed E-state index contributed by atoms with van der Waals surface area (Å²) in [5.41, 5.74) is 5.66. The van der Waals surface area contributed by atoms with E-state index in [-0.39, 0.29) is 10.6 Å². The van der Waals surface area contributed by atoms with E-state index in [0.29, 0.717) is 11.8 Å². The van der Waals surface area contributed by atoms with Crippen LogP contribution in [0.3, 0.4) is 0 Å². The van der Waals surface area contributed by atoms with Gasteiger partial charge in [0.15, 0.2) is 5.92 Å². The highest BCUT2D eigenvalue weighted by molar-refractivity contribution is 7.99. The number of hydrogen-bond donors (Lipinski definition) is 1. The van der Waals surface area contributed by atoms with E-state index in [4.69, 9.17) is 11.0 Å². The van der Waals surface area contributed by atoms with Crippen LogP contribution in [0.15, 0.2) is 23.1 Å². The zero-order chi connectivity index (χ0) is 13.1. The highest BCUT2D eigenvalue weighted by Gasteiger charge is 2.39. The summed E-state index contributed by atoms with van der Waals surface area (Å²) >= 11 is 0.713. The van der Waals surface area contributed by atoms with Gasteiger partial charge in [0.1, 0.15) is 5.82 Å². The molecule has 0 aliphatic carbocycles. The summed E-state index contributed by atoms with van der Waals surface area (Å²) in [6.45, 7) is 0. The van der Waals surface area contributed by atoms with Crippen molar-refractivity contribution in [1.29, 1.82) is 5.26 Å². The zero-order valence-electron chi connectivity index (χ0n) is 8.46. The summed E-state index contributed by atoms with van der Waals surface area (Å²) in [6, 6.07) is 4.60. The largest absolute Gasteiger partial charge is 0.405 e. The standard InChI is InChI=1S/C10H8F4N2S/c11-7-1-2-8(16)9(3-7)17-5-6(4-15)10(12,13)14/h1-3,6H,5,16H2. The fraction of sp³-hybridized carbons (Fsp3) is 0.300. The van der Waals surface area contributed by atoms with Crippen LogP contribution in [0, 0.1) is 23.1 Å². The van der Waals surface area contributed by atoms with Crippen LogP contribution in [0.2, 0.25) is 0 Å². The van der Waals surface area contributed by atoms with Crippen LogP contribution in [0.5, 0.6) is 0 Å². The fourth-order valence-corrected chi connectivity index (χ4v) is 2.05. The van der Waals surface area contributed by atoms with E-state index < -0.39 is 23.7 Å². The number of nitrogens with zero attached hydrogens (tertiary/aromatic N) is 1. The molecule has 0 saturated carbocycles. The second kappa shape index (κ2) is 5.27. The van der Waals surface area contributed by atoms with Crippen molar-refractivity contribution in [2.75, 3.05) is 11.5 Å². The van der Waals surface area contributed by atoms with Gasteiger partial charge in [0.25, 0.3) is 0 Å². The molecule has 17 heavy (non-hydrogen) atoms. The van der Waals surface area contributed by atoms with Crippen molar-refractivity contribution < 1.29 is 17.6 Å². The Labute approximate surface area is 99.4 Å². The number of hydrogen-bond acceptors (Lipinski definition) is 3. The molecule has 1 atom stereocenters. The van der Waals surface area contributed by atoms with Crippen molar-refractivity contribution in [2.45, 2.75) is 11.1 Å². The van der Waals surface area contributed by atoms with Crippen molar-refractivity contribution in [1.82, 2.24) is 0 Å². The van der Waals surface area contributed by atoms with E-state index in [1.54, 1.807) is 0 Å². The zero-order valence-corrected chi connectivity index (χ0v) is 9.28. The highest BCUT2D eigenvalue weighted by Crippen LogP contribution is 2.33. The highest BCUT2D eigenvalue weighted by atomic mass is 32.2. The Morgan fingerprint density at radius 3 is 2.59 bits per heavy atom. The number of nitrogen functional groups attached to an aromatic ring is 1. The van der Waals surface area contributed by atoms with E-state index in [1.807, 2.05) is 0 Å². The van der Waals surface area contributed by atoms with Gasteiger partial charge in [0, 0.05) is 16.3 Å². The summed E-state index contributed by atoms with van der Waals surface area (Å²) in [4.78, 5) is 0.203. The number of nitriles is 1. The van der Waals surface area contributed by atoms with Crippen LogP contribution >= 0.6 is 11.8 Å². The Kier molecular flexibility index (Phi) is 4.23. The van der Waals surface area contributed by atoms with Gasteiger partial charge in [0.05, 0.1) is 6.07 Å². The molecule has 2 N–H and O–H groups in total. The number of anilines is 1. The molecule has 1 aromatic carbocycles. The first-order valence-electron chi connectivity index (χ1n) is 4.48. The maximum atomic E-state index is 12.8. The molecule has 7 heteroatoms. The predicted octanol–water partition coefficient (Wildman–Crippen LogP) is 3.20. The third-order valence-corrected chi connectivity index (χ3v) is 3.10. The molecule has 1 unspecified atom stereocenters. The molecule has 92 valence electrons. The van der Waals surface area contributed by atoms with Crippen molar-refractivity contribution in [3.05, 3.63) is 24.0 Å². The number of rotatable bonds is 3. The summed E-state index contributed by atoms with van der Waals surface area (Å²) in [7, 11) is 0. The minimum atomic E-state index is -4.58. The minimum absolute atomic E-state index is 0.190. The lowest BCUT2D eigenvalue weighted by molar-refractivity contribution is -0.152. The van der Waals surface area contributed by atoms with Gasteiger partial charge in [-0.15, -0.1) is 11.8 Å². The lowest BCUT2D eigenvalue weighted by atomic mass is 10.2. The first-order chi connectivity index (χ1) is 7.84. The Hall–Kier alpha value is -1.42. The van der Waals surface area contributed by atoms with Crippen molar-refractivity contribution in [3.8, 4) is 6.07 Å². The molecule has 0 saturated heterocycles. The van der Waals surface area contributed by atoms with Crippen LogP contribution < -0.4 is 5.73 Å². The van der Waals surface area contributed by atoms with E-state index >= 15 is 0 Å². The Morgan fingerprint density at radius 1 is 1.41 bits per heavy atom. The molecule has 0 spiro atoms. The molecule has 0 amide bonds. The molecule has 1 rings (SSSR count). The number of alkyl halides is 3. The van der Waals surface area contributed by atoms with Gasteiger partial charge in [0.2, 0.25) is 0 Å². The summed E-state index contributed by atoms with van der Waals surface area (Å²) in [5, 5.41) is 8.37. The first kappa shape index (κ1) is 13.6. The molecular weight excluding hydrogens is 256 g/mol. The second-order valence-electron chi connectivity index (χ2n) is 3.22. The van der Waals surface area contributed by atoms with Gasteiger partial charge in [-0.05, 0) is 18.2 Å². The quantitative estimate of drug-likeness (QED) is 0.518. The molecular formula is C10H8F4N2S. The lowest BCUT2D eigenvalue weighted by Crippen LogP contribution is -2.23. The molecule has 0 radical (unpaired) electrons. The average molecular weight is 264 g/mol. The first-order valence-corrected chi connectivity index (χ1v) is 5.47. The molecule has 2 nitrogen and oxygen atoms in total. The predicted molar refractivity (Wildman–Crippen MR) is 56.7 cm³/mol. The maximum Gasteiger partial charge on any atom is 0.405 e. The lowest BCUT2D eigenvalue weighted by Gasteiger charge is -2.13. The van der Waals surface area contributed by atoms with Gasteiger partial charge in [-0.2, -0.15) is 18.4 Å². The van der Waals surface area contributed by atoms with Crippen LogP contribution in [0.25, 0.3) is 0 Å². The Morgan fingerprint density at radius 2 is 2.06 bits per heavy atom. The number of thioether (sulfide) groups is 1. The van der Waals surface area contributed by atoms with Crippen LogP contribution in [-0.2, 0) is 0 Å². The van der Waals surface area contributed by atoms with Crippen molar-refractivity contribution >= 4 is 17.4 Å². The second-order valence-corrected chi connectivity index (χ2v) is 4.28. The van der Waals surface area contributed by atoms with Crippen LogP contribution in [-0.4, -0.2) is 11.9 Å². The van der Waals surface area contributed by atoms with Gasteiger partial charge < -0.3 is 5.73 Å². The summed E-state index contributed by atoms with van der Waals surface area (Å²) in [6.07, 6.45) is -4.58. The maximum absolute atomic E-state index is 12.8. The number of nitrogens with two attached hydrogens (primary N) is 1. The third-order valence-electron chi connectivity index (χ3n) is 1.93. The molecule has 0 aliphatic rings. The van der Waals surface area contributed by atoms with Crippen LogP contribution in [0.4, 0.5) is 23.2 Å².